The maximum absolute atomic E-state index is 12.8. The summed E-state index contributed by atoms with van der Waals surface area (Å²) in [5, 5.41) is 7.66. The first-order valence-electron chi connectivity index (χ1n) is 10.6. The Morgan fingerprint density at radius 1 is 1.09 bits per heavy atom. The number of methoxy groups -OCH3 is 1. The number of aryl methyl sites for hydroxylation is 1. The molecule has 0 saturated heterocycles. The Balaban J connectivity index is 1.32. The first kappa shape index (κ1) is 22.7. The van der Waals surface area contributed by atoms with Gasteiger partial charge in [-0.1, -0.05) is 40.2 Å². The molecule has 0 aliphatic rings. The molecule has 0 radical (unpaired) electrons. The third-order valence-electron chi connectivity index (χ3n) is 5.33. The zero-order valence-corrected chi connectivity index (χ0v) is 19.8. The minimum absolute atomic E-state index is 0.0351. The maximum Gasteiger partial charge on any atom is 0.264 e. The molecule has 4 rings (SSSR count). The smallest absolute Gasteiger partial charge is 0.264 e. The molecule has 2 heterocycles. The highest BCUT2D eigenvalue weighted by molar-refractivity contribution is 9.10. The molecule has 0 atom stereocenters. The fourth-order valence-electron chi connectivity index (χ4n) is 3.50. The Bertz CT molecular complexity index is 1300. The van der Waals surface area contributed by atoms with E-state index in [1.807, 2.05) is 48.5 Å². The van der Waals surface area contributed by atoms with Crippen LogP contribution in [0.15, 0.2) is 70.3 Å². The Morgan fingerprint density at radius 2 is 1.82 bits per heavy atom. The lowest BCUT2D eigenvalue weighted by Gasteiger charge is -2.08. The van der Waals surface area contributed by atoms with Gasteiger partial charge in [-0.2, -0.15) is 5.10 Å². The van der Waals surface area contributed by atoms with Crippen LogP contribution in [0.3, 0.4) is 0 Å². The Morgan fingerprint density at radius 3 is 2.55 bits per heavy atom. The third kappa shape index (κ3) is 5.67. The van der Waals surface area contributed by atoms with E-state index < -0.39 is 0 Å². The summed E-state index contributed by atoms with van der Waals surface area (Å²) in [7, 11) is 1.63. The van der Waals surface area contributed by atoms with Crippen molar-refractivity contribution in [1.82, 2.24) is 24.6 Å². The van der Waals surface area contributed by atoms with Gasteiger partial charge in [0.2, 0.25) is 5.91 Å². The van der Waals surface area contributed by atoms with Gasteiger partial charge in [0, 0.05) is 17.4 Å². The van der Waals surface area contributed by atoms with Gasteiger partial charge < -0.3 is 10.1 Å². The van der Waals surface area contributed by atoms with Crippen LogP contribution in [-0.2, 0) is 24.3 Å². The Hall–Kier alpha value is -3.46. The van der Waals surface area contributed by atoms with E-state index in [1.165, 1.54) is 6.20 Å². The number of fused-ring (bicyclic) bond motifs is 1. The summed E-state index contributed by atoms with van der Waals surface area (Å²) >= 11 is 3.41. The number of hydrogen-bond acceptors (Lipinski definition) is 5. The highest BCUT2D eigenvalue weighted by Crippen LogP contribution is 2.13. The van der Waals surface area contributed by atoms with Crippen molar-refractivity contribution in [3.63, 3.8) is 0 Å². The summed E-state index contributed by atoms with van der Waals surface area (Å²) in [5.41, 5.74) is 2.45. The molecule has 1 amide bonds. The van der Waals surface area contributed by atoms with Crippen LogP contribution in [0.5, 0.6) is 5.75 Å². The van der Waals surface area contributed by atoms with Gasteiger partial charge in [0.1, 0.15) is 17.5 Å². The number of carbonyl (C=O) groups excluding carboxylic acids is 1. The molecular weight excluding hydrogens is 486 g/mol. The summed E-state index contributed by atoms with van der Waals surface area (Å²) in [5.74, 6) is 0.760. The molecule has 8 nitrogen and oxygen atoms in total. The van der Waals surface area contributed by atoms with Gasteiger partial charge in [-0.05, 0) is 41.8 Å². The van der Waals surface area contributed by atoms with Crippen molar-refractivity contribution in [2.24, 2.45) is 0 Å². The molecule has 2 aromatic carbocycles. The van der Waals surface area contributed by atoms with E-state index in [0.717, 1.165) is 21.3 Å². The van der Waals surface area contributed by atoms with Gasteiger partial charge in [-0.3, -0.25) is 14.2 Å². The second kappa shape index (κ2) is 10.4. The fraction of sp³-hybridized carbons (Fsp3) is 0.250. The molecule has 33 heavy (non-hydrogen) atoms. The monoisotopic (exact) mass is 509 g/mol. The van der Waals surface area contributed by atoms with E-state index in [2.05, 4.69) is 31.3 Å². The molecule has 2 aromatic heterocycles. The summed E-state index contributed by atoms with van der Waals surface area (Å²) in [6.07, 6.45) is 4.12. The van der Waals surface area contributed by atoms with Gasteiger partial charge in [-0.15, -0.1) is 0 Å². The molecule has 170 valence electrons. The maximum atomic E-state index is 12.8. The molecular formula is C24H24BrN5O3. The molecule has 9 heteroatoms. The van der Waals surface area contributed by atoms with Crippen molar-refractivity contribution < 1.29 is 9.53 Å². The van der Waals surface area contributed by atoms with Crippen LogP contribution < -0.4 is 15.6 Å². The average molecular weight is 510 g/mol. The molecule has 1 N–H and O–H groups in total. The van der Waals surface area contributed by atoms with E-state index in [4.69, 9.17) is 4.74 Å². The van der Waals surface area contributed by atoms with E-state index in [0.29, 0.717) is 43.5 Å². The summed E-state index contributed by atoms with van der Waals surface area (Å²) < 4.78 is 9.34. The van der Waals surface area contributed by atoms with E-state index >= 15 is 0 Å². The number of carbonyl (C=O) groups is 1. The molecule has 0 spiro atoms. The van der Waals surface area contributed by atoms with Crippen LogP contribution in [0.2, 0.25) is 0 Å². The topological polar surface area (TPSA) is 91.0 Å². The van der Waals surface area contributed by atoms with Crippen molar-refractivity contribution in [3.8, 4) is 5.75 Å². The number of halogens is 1. The standard InChI is InChI=1S/C24H24BrN5O3/c1-33-20-9-4-17(5-10-20)6-11-22(31)26-12-13-30-23-21(14-28-30)24(32)29(16-27-23)15-18-2-7-19(25)8-3-18/h2-5,7-10,14,16H,6,11-13,15H2,1H3,(H,26,31). The van der Waals surface area contributed by atoms with E-state index in [9.17, 15) is 9.59 Å². The van der Waals surface area contributed by atoms with Crippen LogP contribution in [0, 0.1) is 0 Å². The van der Waals surface area contributed by atoms with E-state index in [1.54, 1.807) is 22.7 Å². The fourth-order valence-corrected chi connectivity index (χ4v) is 3.76. The van der Waals surface area contributed by atoms with Crippen LogP contribution in [0.4, 0.5) is 0 Å². The molecule has 0 bridgehead atoms. The van der Waals surface area contributed by atoms with Crippen molar-refractivity contribution in [2.75, 3.05) is 13.7 Å². The second-order valence-electron chi connectivity index (χ2n) is 7.61. The van der Waals surface area contributed by atoms with Crippen LogP contribution in [-0.4, -0.2) is 38.9 Å². The van der Waals surface area contributed by atoms with Crippen molar-refractivity contribution in [1.29, 1.82) is 0 Å². The number of nitrogens with one attached hydrogen (secondary N) is 1. The largest absolute Gasteiger partial charge is 0.497 e. The summed E-state index contributed by atoms with van der Waals surface area (Å²) in [6.45, 7) is 1.27. The van der Waals surface area contributed by atoms with Crippen LogP contribution in [0.1, 0.15) is 17.5 Å². The number of ether oxygens (including phenoxy) is 1. The summed E-state index contributed by atoms with van der Waals surface area (Å²) in [6, 6.07) is 15.5. The highest BCUT2D eigenvalue weighted by Gasteiger charge is 2.11. The Labute approximate surface area is 199 Å². The number of amides is 1. The first-order valence-corrected chi connectivity index (χ1v) is 11.4. The predicted molar refractivity (Wildman–Crippen MR) is 129 cm³/mol. The number of rotatable bonds is 9. The lowest BCUT2D eigenvalue weighted by molar-refractivity contribution is -0.121. The number of aromatic nitrogens is 4. The predicted octanol–water partition coefficient (Wildman–Crippen LogP) is 3.16. The number of nitrogens with zero attached hydrogens (tertiary/aromatic N) is 4. The number of benzene rings is 2. The zero-order valence-electron chi connectivity index (χ0n) is 18.2. The highest BCUT2D eigenvalue weighted by atomic mass is 79.9. The molecule has 0 saturated carbocycles. The quantitative estimate of drug-likeness (QED) is 0.374. The van der Waals surface area contributed by atoms with Gasteiger partial charge in [-0.25, -0.2) is 9.67 Å². The molecule has 0 unspecified atom stereocenters. The van der Waals surface area contributed by atoms with Gasteiger partial charge in [0.05, 0.1) is 26.4 Å². The Kier molecular flexibility index (Phi) is 7.19. The lowest BCUT2D eigenvalue weighted by Crippen LogP contribution is -2.28. The van der Waals surface area contributed by atoms with Crippen molar-refractivity contribution in [2.45, 2.75) is 25.9 Å². The van der Waals surface area contributed by atoms with Gasteiger partial charge in [0.25, 0.3) is 5.56 Å². The second-order valence-corrected chi connectivity index (χ2v) is 8.52. The third-order valence-corrected chi connectivity index (χ3v) is 5.86. The SMILES string of the molecule is COc1ccc(CCC(=O)NCCn2ncc3c(=O)n(Cc4ccc(Br)cc4)cnc32)cc1. The van der Waals surface area contributed by atoms with Crippen LogP contribution >= 0.6 is 15.9 Å². The van der Waals surface area contributed by atoms with Crippen molar-refractivity contribution in [3.05, 3.63) is 87.0 Å². The molecule has 0 fully saturated rings. The zero-order chi connectivity index (χ0) is 23.2. The minimum Gasteiger partial charge on any atom is -0.497 e. The molecule has 0 aliphatic heterocycles. The normalized spacial score (nSPS) is 11.0. The van der Waals surface area contributed by atoms with E-state index in [-0.39, 0.29) is 11.5 Å². The molecule has 4 aromatic rings. The molecule has 0 aliphatic carbocycles. The lowest BCUT2D eigenvalue weighted by atomic mass is 10.1. The average Bonchev–Trinajstić information content (AvgIpc) is 3.25. The van der Waals surface area contributed by atoms with Crippen LogP contribution in [0.25, 0.3) is 11.0 Å². The van der Waals surface area contributed by atoms with Gasteiger partial charge in [0.15, 0.2) is 5.65 Å². The first-order chi connectivity index (χ1) is 16.0. The van der Waals surface area contributed by atoms with Crippen molar-refractivity contribution >= 4 is 32.9 Å². The summed E-state index contributed by atoms with van der Waals surface area (Å²) in [4.78, 5) is 29.5. The van der Waals surface area contributed by atoms with Gasteiger partial charge >= 0.3 is 0 Å². The minimum atomic E-state index is -0.141. The number of hydrogen-bond donors (Lipinski definition) is 1.